The second-order valence-corrected chi connectivity index (χ2v) is 6.16. The van der Waals surface area contributed by atoms with E-state index in [9.17, 15) is 0 Å². The first-order valence-electron chi connectivity index (χ1n) is 6.69. The molecule has 1 aromatic carbocycles. The van der Waals surface area contributed by atoms with Crippen molar-refractivity contribution >= 4 is 0 Å². The van der Waals surface area contributed by atoms with Gasteiger partial charge in [-0.25, -0.2) is 0 Å². The normalized spacial score (nSPS) is 15.9. The molecule has 0 fully saturated rings. The first kappa shape index (κ1) is 14.2. The van der Waals surface area contributed by atoms with Crippen LogP contribution in [0.25, 0.3) is 0 Å². The van der Waals surface area contributed by atoms with E-state index in [1.54, 1.807) is 0 Å². The third-order valence-corrected chi connectivity index (χ3v) is 3.70. The number of nitrogens with two attached hydrogens (primary N) is 1. The van der Waals surface area contributed by atoms with E-state index in [1.165, 1.54) is 5.56 Å². The molecule has 0 saturated heterocycles. The van der Waals surface area contributed by atoms with Crippen LogP contribution in [-0.4, -0.2) is 32.3 Å². The minimum atomic E-state index is 0.116. The smallest absolute Gasteiger partial charge is 0.231 e. The Morgan fingerprint density at radius 3 is 2.58 bits per heavy atom. The molecule has 106 valence electrons. The molecule has 4 nitrogen and oxygen atoms in total. The average molecular weight is 264 g/mol. The molecule has 1 unspecified atom stereocenters. The van der Waals surface area contributed by atoms with Crippen molar-refractivity contribution in [3.63, 3.8) is 0 Å². The van der Waals surface area contributed by atoms with E-state index >= 15 is 0 Å². The molecule has 4 heteroatoms. The van der Waals surface area contributed by atoms with Gasteiger partial charge in [-0.2, -0.15) is 0 Å². The molecule has 0 aliphatic carbocycles. The first-order chi connectivity index (χ1) is 8.93. The molecule has 1 aliphatic rings. The van der Waals surface area contributed by atoms with Crippen LogP contribution in [0, 0.1) is 5.41 Å². The van der Waals surface area contributed by atoms with Gasteiger partial charge in [0.2, 0.25) is 6.79 Å². The summed E-state index contributed by atoms with van der Waals surface area (Å²) in [7, 11) is 4.20. The lowest BCUT2D eigenvalue weighted by Crippen LogP contribution is -2.31. The van der Waals surface area contributed by atoms with Crippen LogP contribution in [0.1, 0.15) is 31.9 Å². The molecule has 0 amide bonds. The maximum atomic E-state index is 5.86. The Hall–Kier alpha value is -1.26. The lowest BCUT2D eigenvalue weighted by Gasteiger charge is -2.33. The highest BCUT2D eigenvalue weighted by Gasteiger charge is 2.26. The summed E-state index contributed by atoms with van der Waals surface area (Å²) in [5, 5.41) is 0. The molecule has 1 atom stereocenters. The van der Waals surface area contributed by atoms with Crippen LogP contribution in [0.15, 0.2) is 18.2 Å². The predicted octanol–water partition coefficient (Wildman–Crippen LogP) is 2.39. The molecule has 1 aromatic rings. The van der Waals surface area contributed by atoms with Crippen LogP contribution in [0.4, 0.5) is 0 Å². The van der Waals surface area contributed by atoms with Crippen molar-refractivity contribution in [3.8, 4) is 11.5 Å². The van der Waals surface area contributed by atoms with Crippen LogP contribution in [0.5, 0.6) is 11.5 Å². The van der Waals surface area contributed by atoms with E-state index in [1.807, 2.05) is 6.07 Å². The predicted molar refractivity (Wildman–Crippen MR) is 76.4 cm³/mol. The van der Waals surface area contributed by atoms with Crippen LogP contribution >= 0.6 is 0 Å². The number of ether oxygens (including phenoxy) is 2. The molecule has 0 radical (unpaired) electrons. The summed E-state index contributed by atoms with van der Waals surface area (Å²) in [6.07, 6.45) is 1.01. The van der Waals surface area contributed by atoms with Gasteiger partial charge in [0.25, 0.3) is 0 Å². The Balaban J connectivity index is 2.24. The highest BCUT2D eigenvalue weighted by atomic mass is 16.7. The third kappa shape index (κ3) is 3.19. The quantitative estimate of drug-likeness (QED) is 0.887. The second kappa shape index (κ2) is 5.39. The van der Waals surface area contributed by atoms with Crippen LogP contribution < -0.4 is 15.2 Å². The van der Waals surface area contributed by atoms with E-state index < -0.39 is 0 Å². The number of rotatable bonds is 5. The summed E-state index contributed by atoms with van der Waals surface area (Å²) in [5.41, 5.74) is 7.22. The number of benzene rings is 1. The Bertz CT molecular complexity index is 444. The van der Waals surface area contributed by atoms with Gasteiger partial charge in [-0.1, -0.05) is 19.9 Å². The molecular formula is C15H24N2O2. The van der Waals surface area contributed by atoms with Crippen molar-refractivity contribution in [3.05, 3.63) is 23.8 Å². The molecule has 1 aliphatic heterocycles. The second-order valence-electron chi connectivity index (χ2n) is 6.16. The van der Waals surface area contributed by atoms with Crippen molar-refractivity contribution in [2.45, 2.75) is 26.3 Å². The molecule has 0 spiro atoms. The highest BCUT2D eigenvalue weighted by Crippen LogP contribution is 2.38. The van der Waals surface area contributed by atoms with Crippen molar-refractivity contribution < 1.29 is 9.47 Å². The van der Waals surface area contributed by atoms with Gasteiger partial charge in [0.15, 0.2) is 11.5 Å². The summed E-state index contributed by atoms with van der Waals surface area (Å²) >= 11 is 0. The standard InChI is InChI=1S/C15H24N2O2/c1-15(2,9-16)8-12(17(3)4)11-5-6-13-14(7-11)19-10-18-13/h5-7,12H,8-10,16H2,1-4H3. The van der Waals surface area contributed by atoms with E-state index in [0.29, 0.717) is 19.4 Å². The fourth-order valence-corrected chi connectivity index (χ4v) is 2.33. The van der Waals surface area contributed by atoms with Gasteiger partial charge < -0.3 is 20.1 Å². The fraction of sp³-hybridized carbons (Fsp3) is 0.600. The molecule has 2 N–H and O–H groups in total. The van der Waals surface area contributed by atoms with Gasteiger partial charge >= 0.3 is 0 Å². The molecule has 0 aromatic heterocycles. The number of hydrogen-bond donors (Lipinski definition) is 1. The summed E-state index contributed by atoms with van der Waals surface area (Å²) < 4.78 is 10.8. The number of fused-ring (bicyclic) bond motifs is 1. The van der Waals surface area contributed by atoms with Crippen LogP contribution in [-0.2, 0) is 0 Å². The van der Waals surface area contributed by atoms with Gasteiger partial charge in [0.1, 0.15) is 0 Å². The zero-order chi connectivity index (χ0) is 14.0. The summed E-state index contributed by atoms with van der Waals surface area (Å²) in [5.74, 6) is 1.68. The highest BCUT2D eigenvalue weighted by molar-refractivity contribution is 5.45. The van der Waals surface area contributed by atoms with E-state index in [4.69, 9.17) is 15.2 Å². The Kier molecular flexibility index (Phi) is 4.02. The molecule has 2 rings (SSSR count). The molecule has 0 bridgehead atoms. The number of hydrogen-bond acceptors (Lipinski definition) is 4. The maximum absolute atomic E-state index is 5.86. The zero-order valence-electron chi connectivity index (χ0n) is 12.3. The van der Waals surface area contributed by atoms with Gasteiger partial charge in [0, 0.05) is 6.04 Å². The van der Waals surface area contributed by atoms with Crippen molar-refractivity contribution in [2.75, 3.05) is 27.4 Å². The summed E-state index contributed by atoms with van der Waals surface area (Å²) in [6, 6.07) is 6.52. The SMILES string of the molecule is CN(C)C(CC(C)(C)CN)c1ccc2c(c1)OCO2. The van der Waals surface area contributed by atoms with Crippen molar-refractivity contribution in [1.29, 1.82) is 0 Å². The van der Waals surface area contributed by atoms with E-state index in [0.717, 1.165) is 17.9 Å². The van der Waals surface area contributed by atoms with Gasteiger partial charge in [0.05, 0.1) is 0 Å². The Labute approximate surface area is 115 Å². The van der Waals surface area contributed by atoms with Gasteiger partial charge in [-0.15, -0.1) is 0 Å². The fourth-order valence-electron chi connectivity index (χ4n) is 2.33. The molecule has 0 saturated carbocycles. The van der Waals surface area contributed by atoms with Crippen molar-refractivity contribution in [2.24, 2.45) is 11.1 Å². The van der Waals surface area contributed by atoms with Crippen LogP contribution in [0.3, 0.4) is 0 Å². The molecule has 19 heavy (non-hydrogen) atoms. The van der Waals surface area contributed by atoms with Gasteiger partial charge in [-0.3, -0.25) is 0 Å². The lowest BCUT2D eigenvalue weighted by molar-refractivity contribution is 0.173. The van der Waals surface area contributed by atoms with E-state index in [-0.39, 0.29) is 5.41 Å². The Morgan fingerprint density at radius 2 is 1.95 bits per heavy atom. The van der Waals surface area contributed by atoms with Crippen molar-refractivity contribution in [1.82, 2.24) is 4.90 Å². The molecular weight excluding hydrogens is 240 g/mol. The first-order valence-corrected chi connectivity index (χ1v) is 6.69. The van der Waals surface area contributed by atoms with Crippen LogP contribution in [0.2, 0.25) is 0 Å². The van der Waals surface area contributed by atoms with Gasteiger partial charge in [-0.05, 0) is 50.2 Å². The Morgan fingerprint density at radius 1 is 1.26 bits per heavy atom. The largest absolute Gasteiger partial charge is 0.454 e. The topological polar surface area (TPSA) is 47.7 Å². The monoisotopic (exact) mass is 264 g/mol. The maximum Gasteiger partial charge on any atom is 0.231 e. The van der Waals surface area contributed by atoms with E-state index in [2.05, 4.69) is 45.0 Å². The average Bonchev–Trinajstić information content (AvgIpc) is 2.82. The number of nitrogens with zero attached hydrogens (tertiary/aromatic N) is 1. The third-order valence-electron chi connectivity index (χ3n) is 3.70. The minimum Gasteiger partial charge on any atom is -0.454 e. The summed E-state index contributed by atoms with van der Waals surface area (Å²) in [6.45, 7) is 5.41. The molecule has 1 heterocycles. The lowest BCUT2D eigenvalue weighted by atomic mass is 9.83. The minimum absolute atomic E-state index is 0.116. The zero-order valence-corrected chi connectivity index (χ0v) is 12.3. The summed E-state index contributed by atoms with van der Waals surface area (Å²) in [4.78, 5) is 2.23.